The van der Waals surface area contributed by atoms with Gasteiger partial charge in [-0.15, -0.1) is 0 Å². The van der Waals surface area contributed by atoms with Gasteiger partial charge in [-0.1, -0.05) is 23.5 Å². The second-order valence-corrected chi connectivity index (χ2v) is 7.21. The Bertz CT molecular complexity index is 1160. The molecule has 3 rings (SSSR count). The minimum Gasteiger partial charge on any atom is -0.497 e. The smallest absolute Gasteiger partial charge is 0.272 e. The van der Waals surface area contributed by atoms with E-state index in [1.54, 1.807) is 19.2 Å². The van der Waals surface area contributed by atoms with E-state index in [0.29, 0.717) is 30.1 Å². The molecule has 8 nitrogen and oxygen atoms in total. The normalized spacial score (nSPS) is 12.0. The molecule has 3 aromatic rings. The first-order chi connectivity index (χ1) is 14.5. The first-order valence-electron chi connectivity index (χ1n) is 9.28. The van der Waals surface area contributed by atoms with Crippen LogP contribution >= 0.6 is 11.3 Å². The van der Waals surface area contributed by atoms with Crippen molar-refractivity contribution in [2.45, 2.75) is 13.5 Å². The number of nitro benzene ring substituents is 1. The molecule has 0 bridgehead atoms. The van der Waals surface area contributed by atoms with Crippen LogP contribution in [-0.2, 0) is 16.1 Å². The quantitative estimate of drug-likeness (QED) is 0.236. The van der Waals surface area contributed by atoms with Gasteiger partial charge >= 0.3 is 0 Å². The van der Waals surface area contributed by atoms with Crippen LogP contribution in [0.4, 0.5) is 5.69 Å². The zero-order valence-corrected chi connectivity index (χ0v) is 17.4. The molecule has 0 unspecified atom stereocenters. The molecule has 0 aliphatic heterocycles. The zero-order chi connectivity index (χ0) is 21.5. The molecule has 1 aromatic heterocycles. The first-order valence-corrected chi connectivity index (χ1v) is 10.1. The zero-order valence-electron chi connectivity index (χ0n) is 16.6. The molecule has 0 aliphatic rings. The molecule has 0 radical (unpaired) electrons. The van der Waals surface area contributed by atoms with Gasteiger partial charge in [-0.2, -0.15) is 4.99 Å². The molecule has 0 atom stereocenters. The molecule has 30 heavy (non-hydrogen) atoms. The second kappa shape index (κ2) is 9.95. The van der Waals surface area contributed by atoms with Gasteiger partial charge in [0.1, 0.15) is 5.75 Å². The van der Waals surface area contributed by atoms with Gasteiger partial charge in [-0.25, -0.2) is 0 Å². The number of thiazole rings is 1. The van der Waals surface area contributed by atoms with Crippen molar-refractivity contribution < 1.29 is 19.2 Å². The number of hydrogen-bond acceptors (Lipinski definition) is 6. The highest BCUT2D eigenvalue weighted by Crippen LogP contribution is 2.23. The van der Waals surface area contributed by atoms with Crippen LogP contribution in [0.15, 0.2) is 53.5 Å². The number of nitrogens with zero attached hydrogens (tertiary/aromatic N) is 3. The maximum atomic E-state index is 12.4. The summed E-state index contributed by atoms with van der Waals surface area (Å²) in [5, 5.41) is 10.9. The minimum absolute atomic E-state index is 0.0336. The van der Waals surface area contributed by atoms with Crippen molar-refractivity contribution in [1.29, 1.82) is 0 Å². The molecule has 2 aromatic carbocycles. The minimum atomic E-state index is -0.476. The molecule has 0 saturated carbocycles. The van der Waals surface area contributed by atoms with Gasteiger partial charge in [0.2, 0.25) is 0 Å². The van der Waals surface area contributed by atoms with E-state index in [1.807, 2.05) is 29.7 Å². The van der Waals surface area contributed by atoms with Gasteiger partial charge in [0, 0.05) is 31.4 Å². The molecule has 1 heterocycles. The first kappa shape index (κ1) is 21.4. The van der Waals surface area contributed by atoms with Gasteiger partial charge in [0.15, 0.2) is 4.80 Å². The lowest BCUT2D eigenvalue weighted by Crippen LogP contribution is -2.19. The number of methoxy groups -OCH3 is 1. The van der Waals surface area contributed by atoms with Gasteiger partial charge in [0.05, 0.1) is 28.9 Å². The predicted octanol–water partition coefficient (Wildman–Crippen LogP) is 3.80. The number of carbonyl (C=O) groups is 1. The Morgan fingerprint density at radius 1 is 1.30 bits per heavy atom. The fourth-order valence-corrected chi connectivity index (χ4v) is 3.91. The number of rotatable bonds is 8. The summed E-state index contributed by atoms with van der Waals surface area (Å²) in [6, 6.07) is 11.7. The Morgan fingerprint density at radius 2 is 2.13 bits per heavy atom. The summed E-state index contributed by atoms with van der Waals surface area (Å²) < 4.78 is 13.6. The van der Waals surface area contributed by atoms with Gasteiger partial charge in [0.25, 0.3) is 11.6 Å². The molecular formula is C21H21N3O5S. The fourth-order valence-electron chi connectivity index (χ4n) is 2.82. The Balaban J connectivity index is 1.93. The van der Waals surface area contributed by atoms with Crippen LogP contribution in [0, 0.1) is 10.1 Å². The molecule has 0 fully saturated rings. The lowest BCUT2D eigenvalue weighted by atomic mass is 10.2. The lowest BCUT2D eigenvalue weighted by molar-refractivity contribution is -0.384. The number of amides is 1. The number of non-ortho nitro benzene ring substituents is 1. The lowest BCUT2D eigenvalue weighted by Gasteiger charge is -2.05. The fraction of sp³-hybridized carbons (Fsp3) is 0.238. The topological polar surface area (TPSA) is 96.0 Å². The average molecular weight is 427 g/mol. The SMILES string of the molecule is CCOCCn1c(=NC(=O)/C=C/c2cccc([N+](=O)[O-])c2)sc2cc(OC)ccc21. The van der Waals surface area contributed by atoms with Crippen LogP contribution in [0.1, 0.15) is 12.5 Å². The third-order valence-electron chi connectivity index (χ3n) is 4.26. The number of aromatic nitrogens is 1. The third kappa shape index (κ3) is 5.19. The standard InChI is InChI=1S/C21H21N3O5S/c1-3-29-12-11-23-18-9-8-17(28-2)14-19(18)30-21(23)22-20(25)10-7-15-5-4-6-16(13-15)24(26)27/h4-10,13-14H,3,11-12H2,1-2H3/b10-7+,22-21?. The van der Waals surface area contributed by atoms with E-state index in [1.165, 1.54) is 35.6 Å². The summed E-state index contributed by atoms with van der Waals surface area (Å²) >= 11 is 1.38. The molecule has 0 spiro atoms. The van der Waals surface area contributed by atoms with E-state index >= 15 is 0 Å². The van der Waals surface area contributed by atoms with E-state index in [2.05, 4.69) is 4.99 Å². The molecule has 1 amide bonds. The molecule has 9 heteroatoms. The highest BCUT2D eigenvalue weighted by Gasteiger charge is 2.09. The van der Waals surface area contributed by atoms with Gasteiger partial charge < -0.3 is 14.0 Å². The molecule has 0 saturated heterocycles. The van der Waals surface area contributed by atoms with E-state index in [-0.39, 0.29) is 5.69 Å². The van der Waals surface area contributed by atoms with Crippen molar-refractivity contribution in [3.8, 4) is 5.75 Å². The molecule has 0 aliphatic carbocycles. The van der Waals surface area contributed by atoms with Crippen LogP contribution in [0.25, 0.3) is 16.3 Å². The monoisotopic (exact) mass is 427 g/mol. The van der Waals surface area contributed by atoms with E-state index in [9.17, 15) is 14.9 Å². The largest absolute Gasteiger partial charge is 0.497 e. The highest BCUT2D eigenvalue weighted by atomic mass is 32.1. The van der Waals surface area contributed by atoms with E-state index in [0.717, 1.165) is 16.0 Å². The number of nitro groups is 1. The molecule has 0 N–H and O–H groups in total. The predicted molar refractivity (Wildman–Crippen MR) is 116 cm³/mol. The van der Waals surface area contributed by atoms with Crippen molar-refractivity contribution in [2.75, 3.05) is 20.3 Å². The summed E-state index contributed by atoms with van der Waals surface area (Å²) in [5.41, 5.74) is 1.46. The van der Waals surface area contributed by atoms with Crippen molar-refractivity contribution in [2.24, 2.45) is 4.99 Å². The Morgan fingerprint density at radius 3 is 2.87 bits per heavy atom. The van der Waals surface area contributed by atoms with Crippen molar-refractivity contribution in [3.63, 3.8) is 0 Å². The van der Waals surface area contributed by atoms with Crippen LogP contribution in [0.3, 0.4) is 0 Å². The van der Waals surface area contributed by atoms with Gasteiger partial charge in [-0.05, 0) is 36.8 Å². The van der Waals surface area contributed by atoms with E-state index in [4.69, 9.17) is 9.47 Å². The Labute approximate surface area is 176 Å². The van der Waals surface area contributed by atoms with Crippen LogP contribution < -0.4 is 9.54 Å². The van der Waals surface area contributed by atoms with Gasteiger partial charge in [-0.3, -0.25) is 14.9 Å². The van der Waals surface area contributed by atoms with Crippen molar-refractivity contribution in [3.05, 3.63) is 69.0 Å². The Hall–Kier alpha value is -3.30. The number of ether oxygens (including phenoxy) is 2. The Kier molecular flexibility index (Phi) is 7.10. The maximum Gasteiger partial charge on any atom is 0.272 e. The number of benzene rings is 2. The number of carbonyl (C=O) groups excluding carboxylic acids is 1. The van der Waals surface area contributed by atoms with E-state index < -0.39 is 10.8 Å². The summed E-state index contributed by atoms with van der Waals surface area (Å²) in [6.07, 6.45) is 2.82. The van der Waals surface area contributed by atoms with Crippen LogP contribution in [-0.4, -0.2) is 35.7 Å². The summed E-state index contributed by atoms with van der Waals surface area (Å²) in [6.45, 7) is 3.59. The number of fused-ring (bicyclic) bond motifs is 1. The second-order valence-electron chi connectivity index (χ2n) is 6.20. The average Bonchev–Trinajstić information content (AvgIpc) is 3.08. The summed E-state index contributed by atoms with van der Waals surface area (Å²) in [4.78, 5) is 27.6. The van der Waals surface area contributed by atoms with Crippen molar-refractivity contribution >= 4 is 39.2 Å². The maximum absolute atomic E-state index is 12.4. The van der Waals surface area contributed by atoms with Crippen LogP contribution in [0.2, 0.25) is 0 Å². The molecule has 156 valence electrons. The third-order valence-corrected chi connectivity index (χ3v) is 5.30. The summed E-state index contributed by atoms with van der Waals surface area (Å²) in [5.74, 6) is 0.273. The molecular weight excluding hydrogens is 406 g/mol. The summed E-state index contributed by atoms with van der Waals surface area (Å²) in [7, 11) is 1.60. The van der Waals surface area contributed by atoms with Crippen molar-refractivity contribution in [1.82, 2.24) is 4.57 Å². The number of hydrogen-bond donors (Lipinski definition) is 0. The van der Waals surface area contributed by atoms with Crippen LogP contribution in [0.5, 0.6) is 5.75 Å². The highest BCUT2D eigenvalue weighted by molar-refractivity contribution is 7.16.